The zero-order chi connectivity index (χ0) is 15.4. The molecule has 4 nitrogen and oxygen atoms in total. The van der Waals surface area contributed by atoms with Crippen molar-refractivity contribution in [2.45, 2.75) is 40.3 Å². The van der Waals surface area contributed by atoms with E-state index in [1.807, 2.05) is 62.9 Å². The van der Waals surface area contributed by atoms with E-state index in [2.05, 4.69) is 9.97 Å². The first kappa shape index (κ1) is 15.2. The fourth-order valence-corrected chi connectivity index (χ4v) is 2.32. The van der Waals surface area contributed by atoms with Crippen molar-refractivity contribution in [1.29, 1.82) is 0 Å². The summed E-state index contributed by atoms with van der Waals surface area (Å²) in [5.41, 5.74) is 3.19. The Morgan fingerprint density at radius 3 is 2.19 bits per heavy atom. The van der Waals surface area contributed by atoms with Gasteiger partial charge in [0.2, 0.25) is 0 Å². The van der Waals surface area contributed by atoms with E-state index >= 15 is 0 Å². The van der Waals surface area contributed by atoms with E-state index < -0.39 is 0 Å². The Kier molecular flexibility index (Phi) is 4.68. The van der Waals surface area contributed by atoms with Crippen LogP contribution in [0.15, 0.2) is 36.7 Å². The summed E-state index contributed by atoms with van der Waals surface area (Å²) in [6.45, 7) is 8.33. The molecule has 0 aliphatic carbocycles. The van der Waals surface area contributed by atoms with Crippen LogP contribution in [0.1, 0.15) is 41.2 Å². The summed E-state index contributed by atoms with van der Waals surface area (Å²) < 4.78 is 0. The molecule has 0 saturated heterocycles. The molecule has 0 aliphatic rings. The Balaban J connectivity index is 2.32. The monoisotopic (exact) mass is 283 g/mol. The molecule has 0 bridgehead atoms. The molecule has 1 heterocycles. The molecule has 0 aliphatic heterocycles. The highest BCUT2D eigenvalue weighted by Crippen LogP contribution is 2.16. The number of aromatic nitrogens is 2. The Morgan fingerprint density at radius 1 is 1.10 bits per heavy atom. The number of benzene rings is 1. The fraction of sp³-hybridized carbons (Fsp3) is 0.353. The Morgan fingerprint density at radius 2 is 1.67 bits per heavy atom. The van der Waals surface area contributed by atoms with Crippen LogP contribution in [0.4, 0.5) is 0 Å². The van der Waals surface area contributed by atoms with Gasteiger partial charge in [-0.1, -0.05) is 30.3 Å². The van der Waals surface area contributed by atoms with E-state index in [0.29, 0.717) is 12.1 Å². The Bertz CT molecular complexity index is 603. The summed E-state index contributed by atoms with van der Waals surface area (Å²) in [5, 5.41) is 0. The lowest BCUT2D eigenvalue weighted by Crippen LogP contribution is -2.37. The van der Waals surface area contributed by atoms with Gasteiger partial charge in [0.25, 0.3) is 5.91 Å². The molecule has 21 heavy (non-hydrogen) atoms. The number of rotatable bonds is 4. The summed E-state index contributed by atoms with van der Waals surface area (Å²) in [6.07, 6.45) is 1.50. The molecule has 2 aromatic rings. The van der Waals surface area contributed by atoms with E-state index in [4.69, 9.17) is 0 Å². The first-order chi connectivity index (χ1) is 10.0. The van der Waals surface area contributed by atoms with Crippen molar-refractivity contribution >= 4 is 5.91 Å². The molecule has 1 amide bonds. The van der Waals surface area contributed by atoms with Gasteiger partial charge in [-0.3, -0.25) is 4.79 Å². The van der Waals surface area contributed by atoms with Gasteiger partial charge in [0, 0.05) is 12.6 Å². The van der Waals surface area contributed by atoms with Crippen LogP contribution in [0, 0.1) is 13.8 Å². The smallest absolute Gasteiger partial charge is 0.258 e. The minimum absolute atomic E-state index is 0.00977. The van der Waals surface area contributed by atoms with Gasteiger partial charge in [0.15, 0.2) is 0 Å². The first-order valence-corrected chi connectivity index (χ1v) is 7.13. The molecule has 0 fully saturated rings. The summed E-state index contributed by atoms with van der Waals surface area (Å²) in [7, 11) is 0. The van der Waals surface area contributed by atoms with E-state index in [0.717, 1.165) is 17.0 Å². The molecule has 0 unspecified atom stereocenters. The molecule has 0 N–H and O–H groups in total. The van der Waals surface area contributed by atoms with Crippen LogP contribution in [0.3, 0.4) is 0 Å². The van der Waals surface area contributed by atoms with Crippen molar-refractivity contribution < 1.29 is 4.79 Å². The van der Waals surface area contributed by atoms with Gasteiger partial charge < -0.3 is 4.90 Å². The number of hydrogen-bond donors (Lipinski definition) is 0. The minimum Gasteiger partial charge on any atom is -0.332 e. The normalized spacial score (nSPS) is 10.7. The third-order valence-corrected chi connectivity index (χ3v) is 3.52. The zero-order valence-corrected chi connectivity index (χ0v) is 13.0. The lowest BCUT2D eigenvalue weighted by Gasteiger charge is -2.27. The molecular formula is C17H21N3O. The largest absolute Gasteiger partial charge is 0.332 e. The van der Waals surface area contributed by atoms with Gasteiger partial charge in [0.05, 0.1) is 17.0 Å². The van der Waals surface area contributed by atoms with Crippen molar-refractivity contribution in [2.75, 3.05) is 0 Å². The van der Waals surface area contributed by atoms with E-state index in [-0.39, 0.29) is 11.9 Å². The zero-order valence-electron chi connectivity index (χ0n) is 13.0. The second kappa shape index (κ2) is 6.48. The Hall–Kier alpha value is -2.23. The van der Waals surface area contributed by atoms with Gasteiger partial charge in [0.1, 0.15) is 6.33 Å². The average Bonchev–Trinajstić information content (AvgIpc) is 2.45. The number of hydrogen-bond acceptors (Lipinski definition) is 3. The predicted octanol–water partition coefficient (Wildman–Crippen LogP) is 3.14. The van der Waals surface area contributed by atoms with Crippen molar-refractivity contribution in [1.82, 2.24) is 14.9 Å². The molecule has 0 atom stereocenters. The second-order valence-corrected chi connectivity index (χ2v) is 5.43. The number of carbonyl (C=O) groups excluding carboxylic acids is 1. The van der Waals surface area contributed by atoms with Crippen LogP contribution in [0.2, 0.25) is 0 Å². The van der Waals surface area contributed by atoms with Crippen molar-refractivity contribution in [3.05, 3.63) is 59.2 Å². The maximum Gasteiger partial charge on any atom is 0.258 e. The summed E-state index contributed by atoms with van der Waals surface area (Å²) in [5.74, 6) is -0.00977. The van der Waals surface area contributed by atoms with Crippen LogP contribution in [0.5, 0.6) is 0 Å². The van der Waals surface area contributed by atoms with E-state index in [1.165, 1.54) is 6.33 Å². The van der Waals surface area contributed by atoms with Crippen molar-refractivity contribution in [2.24, 2.45) is 0 Å². The summed E-state index contributed by atoms with van der Waals surface area (Å²) in [4.78, 5) is 23.0. The molecular weight excluding hydrogens is 262 g/mol. The van der Waals surface area contributed by atoms with Crippen molar-refractivity contribution in [3.63, 3.8) is 0 Å². The molecule has 0 radical (unpaired) electrons. The average molecular weight is 283 g/mol. The molecule has 1 aromatic carbocycles. The van der Waals surface area contributed by atoms with Gasteiger partial charge in [-0.25, -0.2) is 9.97 Å². The van der Waals surface area contributed by atoms with Gasteiger partial charge in [-0.2, -0.15) is 0 Å². The van der Waals surface area contributed by atoms with Gasteiger partial charge in [-0.15, -0.1) is 0 Å². The molecule has 0 saturated carbocycles. The van der Waals surface area contributed by atoms with Crippen LogP contribution in [0.25, 0.3) is 0 Å². The fourth-order valence-electron chi connectivity index (χ4n) is 2.32. The number of nitrogens with zero attached hydrogens (tertiary/aromatic N) is 3. The molecule has 2 rings (SSSR count). The molecule has 1 aromatic heterocycles. The number of aryl methyl sites for hydroxylation is 2. The van der Waals surface area contributed by atoms with Crippen LogP contribution in [-0.2, 0) is 6.54 Å². The topological polar surface area (TPSA) is 46.1 Å². The van der Waals surface area contributed by atoms with Gasteiger partial charge >= 0.3 is 0 Å². The molecule has 4 heteroatoms. The third kappa shape index (κ3) is 3.45. The first-order valence-electron chi connectivity index (χ1n) is 7.13. The quantitative estimate of drug-likeness (QED) is 0.866. The van der Waals surface area contributed by atoms with Gasteiger partial charge in [-0.05, 0) is 33.3 Å². The van der Waals surface area contributed by atoms with E-state index in [1.54, 1.807) is 0 Å². The lowest BCUT2D eigenvalue weighted by atomic mass is 10.1. The van der Waals surface area contributed by atoms with Crippen LogP contribution in [-0.4, -0.2) is 26.8 Å². The minimum atomic E-state index is -0.00977. The number of amides is 1. The second-order valence-electron chi connectivity index (χ2n) is 5.43. The van der Waals surface area contributed by atoms with Crippen molar-refractivity contribution in [3.8, 4) is 0 Å². The molecule has 0 spiro atoms. The summed E-state index contributed by atoms with van der Waals surface area (Å²) in [6, 6.07) is 10.1. The molecule has 110 valence electrons. The SMILES string of the molecule is Cc1ncnc(C)c1C(=O)N(Cc1ccccc1)C(C)C. The highest BCUT2D eigenvalue weighted by atomic mass is 16.2. The van der Waals surface area contributed by atoms with Crippen LogP contribution < -0.4 is 0 Å². The maximum absolute atomic E-state index is 12.9. The van der Waals surface area contributed by atoms with Crippen LogP contribution >= 0.6 is 0 Å². The highest BCUT2D eigenvalue weighted by Gasteiger charge is 2.23. The Labute approximate surface area is 125 Å². The standard InChI is InChI=1S/C17H21N3O/c1-12(2)20(10-15-8-6-5-7-9-15)17(21)16-13(3)18-11-19-14(16)4/h5-9,11-12H,10H2,1-4H3. The number of carbonyl (C=O) groups is 1. The predicted molar refractivity (Wildman–Crippen MR) is 83.0 cm³/mol. The maximum atomic E-state index is 12.9. The van der Waals surface area contributed by atoms with E-state index in [9.17, 15) is 4.79 Å². The highest BCUT2D eigenvalue weighted by molar-refractivity contribution is 5.96. The summed E-state index contributed by atoms with van der Waals surface area (Å²) >= 11 is 0. The lowest BCUT2D eigenvalue weighted by molar-refractivity contribution is 0.0687. The third-order valence-electron chi connectivity index (χ3n) is 3.52.